The Hall–Kier alpha value is -3.95. The zero-order valence-electron chi connectivity index (χ0n) is 17.1. The van der Waals surface area contributed by atoms with Crippen molar-refractivity contribution in [3.63, 3.8) is 0 Å². The summed E-state index contributed by atoms with van der Waals surface area (Å²) in [5.74, 6) is 0.610. The van der Waals surface area contributed by atoms with Gasteiger partial charge in [0.2, 0.25) is 0 Å². The molecule has 0 unspecified atom stereocenters. The van der Waals surface area contributed by atoms with Crippen LogP contribution < -0.4 is 0 Å². The highest BCUT2D eigenvalue weighted by molar-refractivity contribution is 6.29. The van der Waals surface area contributed by atoms with E-state index in [0.29, 0.717) is 11.0 Å². The van der Waals surface area contributed by atoms with Gasteiger partial charge in [-0.2, -0.15) is 0 Å². The molecule has 4 heteroatoms. The summed E-state index contributed by atoms with van der Waals surface area (Å²) in [5, 5.41) is 2.90. The number of para-hydroxylation sites is 2. The van der Waals surface area contributed by atoms with Crippen molar-refractivity contribution in [2.24, 2.45) is 0 Å². The zero-order chi connectivity index (χ0) is 21.5. The number of halogens is 1. The number of aromatic nitrogens is 3. The van der Waals surface area contributed by atoms with Gasteiger partial charge in [-0.05, 0) is 24.3 Å². The lowest BCUT2D eigenvalue weighted by Gasteiger charge is -2.10. The molecule has 0 amide bonds. The maximum absolute atomic E-state index is 6.39. The minimum Gasteiger partial charge on any atom is -0.309 e. The van der Waals surface area contributed by atoms with Crippen LogP contribution in [-0.2, 0) is 0 Å². The molecule has 0 saturated heterocycles. The van der Waals surface area contributed by atoms with Gasteiger partial charge in [0.1, 0.15) is 5.15 Å². The van der Waals surface area contributed by atoms with Gasteiger partial charge in [-0.1, -0.05) is 90.5 Å². The molecule has 0 fully saturated rings. The van der Waals surface area contributed by atoms with Crippen molar-refractivity contribution in [2.75, 3.05) is 0 Å². The fourth-order valence-electron chi connectivity index (χ4n) is 4.29. The van der Waals surface area contributed by atoms with Crippen molar-refractivity contribution >= 4 is 33.4 Å². The molecule has 0 spiro atoms. The van der Waals surface area contributed by atoms with E-state index in [1.807, 2.05) is 42.5 Å². The summed E-state index contributed by atoms with van der Waals surface area (Å²) in [5.41, 5.74) is 6.14. The molecule has 0 bridgehead atoms. The van der Waals surface area contributed by atoms with Gasteiger partial charge in [0, 0.05) is 33.7 Å². The number of fused-ring (bicyclic) bond motifs is 3. The van der Waals surface area contributed by atoms with Crippen LogP contribution in [0.5, 0.6) is 0 Å². The fraction of sp³-hybridized carbons (Fsp3) is 0. The lowest BCUT2D eigenvalue weighted by atomic mass is 10.1. The molecule has 4 aromatic carbocycles. The molecule has 6 rings (SSSR count). The second-order valence-electron chi connectivity index (χ2n) is 7.69. The van der Waals surface area contributed by atoms with Crippen LogP contribution in [0.1, 0.15) is 0 Å². The fourth-order valence-corrected chi connectivity index (χ4v) is 4.47. The molecule has 0 aliphatic carbocycles. The lowest BCUT2D eigenvalue weighted by molar-refractivity contribution is 1.16. The van der Waals surface area contributed by atoms with E-state index in [1.165, 1.54) is 21.8 Å². The van der Waals surface area contributed by atoms with Crippen LogP contribution in [0.3, 0.4) is 0 Å². The first-order valence-electron chi connectivity index (χ1n) is 10.5. The number of rotatable bonds is 3. The van der Waals surface area contributed by atoms with Crippen molar-refractivity contribution in [3.8, 4) is 28.3 Å². The van der Waals surface area contributed by atoms with E-state index in [9.17, 15) is 0 Å². The van der Waals surface area contributed by atoms with E-state index in [1.54, 1.807) is 6.07 Å². The average molecular weight is 432 g/mol. The van der Waals surface area contributed by atoms with E-state index in [0.717, 1.165) is 22.5 Å². The molecule has 2 aromatic heterocycles. The van der Waals surface area contributed by atoms with Crippen LogP contribution in [0.4, 0.5) is 0 Å². The first-order chi connectivity index (χ1) is 15.8. The zero-order valence-corrected chi connectivity index (χ0v) is 17.9. The third-order valence-corrected chi connectivity index (χ3v) is 5.90. The minimum absolute atomic E-state index is 0.427. The van der Waals surface area contributed by atoms with Crippen LogP contribution >= 0.6 is 11.6 Å². The van der Waals surface area contributed by atoms with Crippen molar-refractivity contribution in [2.45, 2.75) is 0 Å². The molecular formula is C28H18ClN3. The van der Waals surface area contributed by atoms with Crippen molar-refractivity contribution in [1.82, 2.24) is 14.5 Å². The van der Waals surface area contributed by atoms with Crippen LogP contribution in [0.2, 0.25) is 5.15 Å². The molecule has 152 valence electrons. The Morgan fingerprint density at radius 1 is 0.562 bits per heavy atom. The molecule has 32 heavy (non-hydrogen) atoms. The summed E-state index contributed by atoms with van der Waals surface area (Å²) >= 11 is 6.39. The van der Waals surface area contributed by atoms with Crippen LogP contribution in [-0.4, -0.2) is 14.5 Å². The predicted molar refractivity (Wildman–Crippen MR) is 132 cm³/mol. The topological polar surface area (TPSA) is 30.7 Å². The smallest absolute Gasteiger partial charge is 0.161 e. The summed E-state index contributed by atoms with van der Waals surface area (Å²) in [6, 6.07) is 37.1. The Labute approximate surface area is 190 Å². The summed E-state index contributed by atoms with van der Waals surface area (Å²) in [6.07, 6.45) is 0. The summed E-state index contributed by atoms with van der Waals surface area (Å²) < 4.78 is 2.29. The molecule has 0 N–H and O–H groups in total. The van der Waals surface area contributed by atoms with Crippen LogP contribution in [0, 0.1) is 0 Å². The highest BCUT2D eigenvalue weighted by Gasteiger charge is 2.13. The van der Waals surface area contributed by atoms with Gasteiger partial charge < -0.3 is 4.57 Å². The van der Waals surface area contributed by atoms with Gasteiger partial charge in [0.25, 0.3) is 0 Å². The number of nitrogens with zero attached hydrogens (tertiary/aromatic N) is 3. The molecule has 6 aromatic rings. The second kappa shape index (κ2) is 7.63. The number of hydrogen-bond donors (Lipinski definition) is 0. The Balaban J connectivity index is 1.54. The standard InChI is InChI=1S/C28H18ClN3/c29-27-18-24(19-9-2-1-3-10-19)30-28(31-27)20-11-8-12-21(17-20)32-25-15-6-4-13-22(25)23-14-5-7-16-26(23)32/h1-18H. The molecule has 2 heterocycles. The monoisotopic (exact) mass is 431 g/mol. The molecule has 0 aliphatic heterocycles. The molecule has 0 aliphatic rings. The summed E-state index contributed by atoms with van der Waals surface area (Å²) in [6.45, 7) is 0. The molecule has 0 saturated carbocycles. The van der Waals surface area contributed by atoms with Gasteiger partial charge in [-0.3, -0.25) is 0 Å². The highest BCUT2D eigenvalue weighted by Crippen LogP contribution is 2.33. The first-order valence-corrected chi connectivity index (χ1v) is 10.8. The molecular weight excluding hydrogens is 414 g/mol. The van der Waals surface area contributed by atoms with E-state index < -0.39 is 0 Å². The average Bonchev–Trinajstić information content (AvgIpc) is 3.19. The van der Waals surface area contributed by atoms with E-state index >= 15 is 0 Å². The van der Waals surface area contributed by atoms with Crippen molar-refractivity contribution < 1.29 is 0 Å². The normalized spacial score (nSPS) is 11.3. The van der Waals surface area contributed by atoms with Crippen LogP contribution in [0.15, 0.2) is 109 Å². The molecule has 3 nitrogen and oxygen atoms in total. The quantitative estimate of drug-likeness (QED) is 0.270. The lowest BCUT2D eigenvalue weighted by Crippen LogP contribution is -1.97. The second-order valence-corrected chi connectivity index (χ2v) is 8.07. The Kier molecular flexibility index (Phi) is 4.48. The van der Waals surface area contributed by atoms with Gasteiger partial charge in [0.15, 0.2) is 5.82 Å². The number of benzene rings is 4. The predicted octanol–water partition coefficient (Wildman–Crippen LogP) is 7.56. The van der Waals surface area contributed by atoms with Gasteiger partial charge in [0.05, 0.1) is 16.7 Å². The molecule has 0 radical (unpaired) electrons. The van der Waals surface area contributed by atoms with E-state index in [-0.39, 0.29) is 0 Å². The SMILES string of the molecule is Clc1cc(-c2ccccc2)nc(-c2cccc(-n3c4ccccc4c4ccccc43)c2)n1. The van der Waals surface area contributed by atoms with E-state index in [2.05, 4.69) is 70.2 Å². The van der Waals surface area contributed by atoms with Crippen LogP contribution in [0.25, 0.3) is 50.1 Å². The van der Waals surface area contributed by atoms with Crippen molar-refractivity contribution in [3.05, 3.63) is 114 Å². The third-order valence-electron chi connectivity index (χ3n) is 5.71. The first kappa shape index (κ1) is 18.8. The maximum Gasteiger partial charge on any atom is 0.161 e. The van der Waals surface area contributed by atoms with E-state index in [4.69, 9.17) is 16.6 Å². The summed E-state index contributed by atoms with van der Waals surface area (Å²) in [4.78, 5) is 9.34. The Bertz CT molecular complexity index is 1530. The Morgan fingerprint density at radius 3 is 1.91 bits per heavy atom. The largest absolute Gasteiger partial charge is 0.309 e. The van der Waals surface area contributed by atoms with Gasteiger partial charge in [-0.25, -0.2) is 9.97 Å². The summed E-state index contributed by atoms with van der Waals surface area (Å²) in [7, 11) is 0. The van der Waals surface area contributed by atoms with Crippen molar-refractivity contribution in [1.29, 1.82) is 0 Å². The Morgan fingerprint density at radius 2 is 1.19 bits per heavy atom. The molecule has 0 atom stereocenters. The third kappa shape index (κ3) is 3.15. The number of hydrogen-bond acceptors (Lipinski definition) is 2. The maximum atomic E-state index is 6.39. The minimum atomic E-state index is 0.427. The van der Waals surface area contributed by atoms with Gasteiger partial charge in [-0.15, -0.1) is 0 Å². The highest BCUT2D eigenvalue weighted by atomic mass is 35.5. The van der Waals surface area contributed by atoms with Gasteiger partial charge >= 0.3 is 0 Å².